The summed E-state index contributed by atoms with van der Waals surface area (Å²) in [6.45, 7) is 1.60. The third-order valence-electron chi connectivity index (χ3n) is 3.90. The first kappa shape index (κ1) is 16.3. The van der Waals surface area contributed by atoms with Crippen molar-refractivity contribution in [3.05, 3.63) is 29.3 Å². The average Bonchev–Trinajstić information content (AvgIpc) is 2.51. The highest BCUT2D eigenvalue weighted by atomic mass is 16.5. The van der Waals surface area contributed by atoms with E-state index < -0.39 is 6.04 Å². The number of hydrogen-bond donors (Lipinski definition) is 1. The maximum atomic E-state index is 11.9. The van der Waals surface area contributed by atoms with Gasteiger partial charge in [0.05, 0.1) is 0 Å². The number of fused-ring (bicyclic) bond motifs is 1. The van der Waals surface area contributed by atoms with E-state index in [1.54, 1.807) is 21.0 Å². The summed E-state index contributed by atoms with van der Waals surface area (Å²) in [5.74, 6) is 0.375. The fourth-order valence-electron chi connectivity index (χ4n) is 2.76. The summed E-state index contributed by atoms with van der Waals surface area (Å²) >= 11 is 0. The second-order valence-electron chi connectivity index (χ2n) is 5.91. The van der Waals surface area contributed by atoms with E-state index in [9.17, 15) is 9.59 Å². The zero-order valence-corrected chi connectivity index (χ0v) is 13.5. The Morgan fingerprint density at radius 2 is 2.00 bits per heavy atom. The number of benzene rings is 1. The van der Waals surface area contributed by atoms with Crippen molar-refractivity contribution in [1.82, 2.24) is 10.2 Å². The van der Waals surface area contributed by atoms with Gasteiger partial charge in [0, 0.05) is 14.1 Å². The average molecular weight is 304 g/mol. The van der Waals surface area contributed by atoms with Gasteiger partial charge in [-0.2, -0.15) is 0 Å². The summed E-state index contributed by atoms with van der Waals surface area (Å²) in [7, 11) is 3.33. The molecule has 120 valence electrons. The third kappa shape index (κ3) is 4.00. The molecule has 2 rings (SSSR count). The number of nitrogens with zero attached hydrogens (tertiary/aromatic N) is 1. The van der Waals surface area contributed by atoms with Crippen LogP contribution in [-0.4, -0.2) is 43.5 Å². The number of amides is 2. The van der Waals surface area contributed by atoms with Gasteiger partial charge in [-0.15, -0.1) is 0 Å². The summed E-state index contributed by atoms with van der Waals surface area (Å²) in [5.41, 5.74) is 2.54. The fourth-order valence-corrected chi connectivity index (χ4v) is 2.76. The Morgan fingerprint density at radius 3 is 2.73 bits per heavy atom. The lowest BCUT2D eigenvalue weighted by atomic mass is 9.91. The fraction of sp³-hybridized carbons (Fsp3) is 0.529. The smallest absolute Gasteiger partial charge is 0.258 e. The lowest BCUT2D eigenvalue weighted by molar-refractivity contribution is -0.134. The summed E-state index contributed by atoms with van der Waals surface area (Å²) in [4.78, 5) is 25.1. The van der Waals surface area contributed by atoms with Crippen LogP contribution in [0.1, 0.15) is 30.9 Å². The first-order valence-electron chi connectivity index (χ1n) is 7.73. The number of nitrogens with one attached hydrogen (secondary N) is 1. The number of hydrogen-bond acceptors (Lipinski definition) is 3. The monoisotopic (exact) mass is 304 g/mol. The first-order valence-corrected chi connectivity index (χ1v) is 7.73. The Labute approximate surface area is 131 Å². The van der Waals surface area contributed by atoms with Gasteiger partial charge in [0.25, 0.3) is 5.91 Å². The van der Waals surface area contributed by atoms with Crippen molar-refractivity contribution in [1.29, 1.82) is 0 Å². The SMILES string of the molecule is C[C@@H](NC(=O)COc1cccc2c1CCCC2)C(=O)N(C)C. The van der Waals surface area contributed by atoms with E-state index in [0.29, 0.717) is 0 Å². The minimum absolute atomic E-state index is 0.0680. The van der Waals surface area contributed by atoms with Crippen molar-refractivity contribution < 1.29 is 14.3 Å². The molecule has 1 atom stereocenters. The van der Waals surface area contributed by atoms with Crippen molar-refractivity contribution in [3.63, 3.8) is 0 Å². The molecule has 2 amide bonds. The van der Waals surface area contributed by atoms with Crippen LogP contribution in [0.25, 0.3) is 0 Å². The molecule has 0 unspecified atom stereocenters. The molecule has 22 heavy (non-hydrogen) atoms. The van der Waals surface area contributed by atoms with Crippen LogP contribution < -0.4 is 10.1 Å². The topological polar surface area (TPSA) is 58.6 Å². The van der Waals surface area contributed by atoms with E-state index >= 15 is 0 Å². The Bertz CT molecular complexity index is 555. The van der Waals surface area contributed by atoms with E-state index in [2.05, 4.69) is 11.4 Å². The minimum atomic E-state index is -0.546. The maximum absolute atomic E-state index is 11.9. The van der Waals surface area contributed by atoms with Gasteiger partial charge in [-0.3, -0.25) is 9.59 Å². The molecule has 5 heteroatoms. The van der Waals surface area contributed by atoms with Gasteiger partial charge in [0.15, 0.2) is 6.61 Å². The Hall–Kier alpha value is -2.04. The van der Waals surface area contributed by atoms with Crippen LogP contribution in [0.5, 0.6) is 5.75 Å². The predicted octanol–water partition coefficient (Wildman–Crippen LogP) is 1.54. The largest absolute Gasteiger partial charge is 0.483 e. The van der Waals surface area contributed by atoms with Gasteiger partial charge < -0.3 is 15.0 Å². The molecule has 0 saturated carbocycles. The number of rotatable bonds is 5. The minimum Gasteiger partial charge on any atom is -0.483 e. The molecule has 0 heterocycles. The Kier molecular flexibility index (Phi) is 5.41. The number of likely N-dealkylation sites (N-methyl/N-ethyl adjacent to an activating group) is 1. The lowest BCUT2D eigenvalue weighted by Crippen LogP contribution is -2.45. The van der Waals surface area contributed by atoms with E-state index in [1.807, 2.05) is 12.1 Å². The van der Waals surface area contributed by atoms with Crippen molar-refractivity contribution in [2.24, 2.45) is 0 Å². The highest BCUT2D eigenvalue weighted by Crippen LogP contribution is 2.29. The van der Waals surface area contributed by atoms with Gasteiger partial charge in [-0.25, -0.2) is 0 Å². The molecular formula is C17H24N2O3. The normalized spacial score (nSPS) is 14.7. The number of ether oxygens (including phenoxy) is 1. The molecule has 0 fully saturated rings. The van der Waals surface area contributed by atoms with E-state index in [-0.39, 0.29) is 18.4 Å². The van der Waals surface area contributed by atoms with Crippen LogP contribution in [-0.2, 0) is 22.4 Å². The van der Waals surface area contributed by atoms with Gasteiger partial charge >= 0.3 is 0 Å². The number of carbonyl (C=O) groups is 2. The Morgan fingerprint density at radius 1 is 1.27 bits per heavy atom. The van der Waals surface area contributed by atoms with E-state index in [1.165, 1.54) is 22.4 Å². The molecule has 5 nitrogen and oxygen atoms in total. The van der Waals surface area contributed by atoms with Crippen molar-refractivity contribution >= 4 is 11.8 Å². The molecule has 0 bridgehead atoms. The van der Waals surface area contributed by atoms with E-state index in [4.69, 9.17) is 4.74 Å². The highest BCUT2D eigenvalue weighted by molar-refractivity contribution is 5.87. The number of aryl methyl sites for hydroxylation is 1. The molecule has 0 saturated heterocycles. The maximum Gasteiger partial charge on any atom is 0.258 e. The van der Waals surface area contributed by atoms with Gasteiger partial charge in [-0.1, -0.05) is 12.1 Å². The molecule has 1 N–H and O–H groups in total. The zero-order chi connectivity index (χ0) is 16.1. The molecule has 0 aliphatic heterocycles. The van der Waals surface area contributed by atoms with Crippen LogP contribution in [0.15, 0.2) is 18.2 Å². The standard InChI is InChI=1S/C17H24N2O3/c1-12(17(21)19(2)3)18-16(20)11-22-15-10-6-8-13-7-4-5-9-14(13)15/h6,8,10,12H,4-5,7,9,11H2,1-3H3,(H,18,20)/t12-/m1/s1. The number of carbonyl (C=O) groups excluding carboxylic acids is 2. The van der Waals surface area contributed by atoms with E-state index in [0.717, 1.165) is 25.0 Å². The molecule has 0 aromatic heterocycles. The third-order valence-corrected chi connectivity index (χ3v) is 3.90. The predicted molar refractivity (Wildman–Crippen MR) is 84.9 cm³/mol. The zero-order valence-electron chi connectivity index (χ0n) is 13.5. The molecule has 1 aromatic carbocycles. The molecule has 0 radical (unpaired) electrons. The van der Waals surface area contributed by atoms with Crippen LogP contribution >= 0.6 is 0 Å². The molecule has 0 spiro atoms. The summed E-state index contributed by atoms with van der Waals surface area (Å²) in [5, 5.41) is 2.66. The second kappa shape index (κ2) is 7.29. The highest BCUT2D eigenvalue weighted by Gasteiger charge is 2.18. The van der Waals surface area contributed by atoms with Crippen LogP contribution in [0, 0.1) is 0 Å². The van der Waals surface area contributed by atoms with Crippen LogP contribution in [0.2, 0.25) is 0 Å². The molecule has 1 aliphatic rings. The Balaban J connectivity index is 1.90. The van der Waals surface area contributed by atoms with Crippen LogP contribution in [0.4, 0.5) is 0 Å². The van der Waals surface area contributed by atoms with Crippen molar-refractivity contribution in [2.75, 3.05) is 20.7 Å². The summed E-state index contributed by atoms with van der Waals surface area (Å²) < 4.78 is 5.67. The van der Waals surface area contributed by atoms with Gasteiger partial charge in [-0.05, 0) is 49.8 Å². The molecule has 1 aromatic rings. The van der Waals surface area contributed by atoms with Crippen molar-refractivity contribution in [2.45, 2.75) is 38.6 Å². The quantitative estimate of drug-likeness (QED) is 0.897. The lowest BCUT2D eigenvalue weighted by Gasteiger charge is -2.20. The van der Waals surface area contributed by atoms with Crippen molar-refractivity contribution in [3.8, 4) is 5.75 Å². The van der Waals surface area contributed by atoms with Crippen LogP contribution in [0.3, 0.4) is 0 Å². The molecular weight excluding hydrogens is 280 g/mol. The van der Waals surface area contributed by atoms with Gasteiger partial charge in [0.2, 0.25) is 5.91 Å². The molecule has 1 aliphatic carbocycles. The summed E-state index contributed by atoms with van der Waals surface area (Å²) in [6.07, 6.45) is 4.45. The summed E-state index contributed by atoms with van der Waals surface area (Å²) in [6, 6.07) is 5.46. The second-order valence-corrected chi connectivity index (χ2v) is 5.91. The van der Waals surface area contributed by atoms with Gasteiger partial charge in [0.1, 0.15) is 11.8 Å². The first-order chi connectivity index (χ1) is 10.5.